The summed E-state index contributed by atoms with van der Waals surface area (Å²) in [6.45, 7) is 9.55. The van der Waals surface area contributed by atoms with E-state index >= 15 is 0 Å². The number of rotatable bonds is 2. The summed E-state index contributed by atoms with van der Waals surface area (Å²) in [7, 11) is 0. The number of benzene rings is 1. The van der Waals surface area contributed by atoms with Crippen LogP contribution in [0.2, 0.25) is 0 Å². The second-order valence-electron chi connectivity index (χ2n) is 7.36. The van der Waals surface area contributed by atoms with Crippen molar-refractivity contribution >= 4 is 5.69 Å². The molecule has 0 aromatic heterocycles. The molecule has 0 saturated heterocycles. The fourth-order valence-electron chi connectivity index (χ4n) is 4.56. The van der Waals surface area contributed by atoms with E-state index in [-0.39, 0.29) is 0 Å². The zero-order chi connectivity index (χ0) is 13.0. The third-order valence-electron chi connectivity index (χ3n) is 5.60. The Morgan fingerprint density at radius 2 is 2.00 bits per heavy atom. The van der Waals surface area contributed by atoms with Crippen LogP contribution in [-0.4, -0.2) is 6.04 Å². The number of anilines is 1. The summed E-state index contributed by atoms with van der Waals surface area (Å²) in [6.07, 6.45) is 4.23. The lowest BCUT2D eigenvalue weighted by atomic mass is 9.68. The topological polar surface area (TPSA) is 12.0 Å². The van der Waals surface area contributed by atoms with Crippen LogP contribution in [0.1, 0.15) is 45.6 Å². The SMILES string of the molecule is Cc1cccc(NC2C3(C)CCC(C3)C2(C)C)c1. The molecule has 3 rings (SSSR count). The average Bonchev–Trinajstić information content (AvgIpc) is 2.76. The highest BCUT2D eigenvalue weighted by Gasteiger charge is 2.59. The van der Waals surface area contributed by atoms with Gasteiger partial charge in [0.25, 0.3) is 0 Å². The van der Waals surface area contributed by atoms with Crippen LogP contribution in [0, 0.1) is 23.7 Å². The first-order valence-corrected chi connectivity index (χ1v) is 7.25. The molecule has 98 valence electrons. The summed E-state index contributed by atoms with van der Waals surface area (Å²) in [5.41, 5.74) is 3.56. The third kappa shape index (κ3) is 1.67. The van der Waals surface area contributed by atoms with Crippen molar-refractivity contribution in [2.45, 2.75) is 53.0 Å². The first-order valence-electron chi connectivity index (χ1n) is 7.25. The Bertz CT molecular complexity index is 458. The van der Waals surface area contributed by atoms with E-state index in [2.05, 4.69) is 57.3 Å². The molecule has 2 aliphatic carbocycles. The first kappa shape index (κ1) is 12.1. The summed E-state index contributed by atoms with van der Waals surface area (Å²) in [4.78, 5) is 0. The molecule has 2 bridgehead atoms. The number of aryl methyl sites for hydroxylation is 1. The summed E-state index contributed by atoms with van der Waals surface area (Å²) < 4.78 is 0. The van der Waals surface area contributed by atoms with Crippen LogP contribution in [0.4, 0.5) is 5.69 Å². The van der Waals surface area contributed by atoms with Gasteiger partial charge in [-0.25, -0.2) is 0 Å². The van der Waals surface area contributed by atoms with E-state index in [9.17, 15) is 0 Å². The van der Waals surface area contributed by atoms with Gasteiger partial charge in [0.1, 0.15) is 0 Å². The maximum Gasteiger partial charge on any atom is 0.0368 e. The Hall–Kier alpha value is -0.980. The van der Waals surface area contributed by atoms with Gasteiger partial charge in [-0.2, -0.15) is 0 Å². The van der Waals surface area contributed by atoms with E-state index in [4.69, 9.17) is 0 Å². The van der Waals surface area contributed by atoms with Gasteiger partial charge in [0.05, 0.1) is 0 Å². The number of nitrogens with one attached hydrogen (secondary N) is 1. The molecule has 0 amide bonds. The second-order valence-corrected chi connectivity index (χ2v) is 7.36. The molecule has 1 nitrogen and oxygen atoms in total. The Kier molecular flexibility index (Phi) is 2.52. The number of fused-ring (bicyclic) bond motifs is 2. The van der Waals surface area contributed by atoms with Gasteiger partial charge in [-0.15, -0.1) is 0 Å². The second kappa shape index (κ2) is 3.76. The molecule has 1 N–H and O–H groups in total. The molecule has 18 heavy (non-hydrogen) atoms. The maximum atomic E-state index is 3.84. The van der Waals surface area contributed by atoms with Crippen molar-refractivity contribution in [3.8, 4) is 0 Å². The minimum Gasteiger partial charge on any atom is -0.381 e. The van der Waals surface area contributed by atoms with E-state index < -0.39 is 0 Å². The summed E-state index contributed by atoms with van der Waals surface area (Å²) in [5, 5.41) is 3.84. The predicted molar refractivity (Wildman–Crippen MR) is 77.8 cm³/mol. The summed E-state index contributed by atoms with van der Waals surface area (Å²) >= 11 is 0. The van der Waals surface area contributed by atoms with E-state index in [1.807, 2.05) is 0 Å². The minimum absolute atomic E-state index is 0.427. The van der Waals surface area contributed by atoms with E-state index in [1.165, 1.54) is 30.5 Å². The van der Waals surface area contributed by atoms with Crippen LogP contribution >= 0.6 is 0 Å². The Balaban J connectivity index is 1.88. The van der Waals surface area contributed by atoms with Gasteiger partial charge in [0, 0.05) is 11.7 Å². The van der Waals surface area contributed by atoms with Crippen LogP contribution in [0.3, 0.4) is 0 Å². The minimum atomic E-state index is 0.427. The summed E-state index contributed by atoms with van der Waals surface area (Å²) in [5.74, 6) is 0.907. The van der Waals surface area contributed by atoms with Crippen molar-refractivity contribution in [1.29, 1.82) is 0 Å². The molecule has 0 spiro atoms. The third-order valence-corrected chi connectivity index (χ3v) is 5.60. The van der Waals surface area contributed by atoms with Gasteiger partial charge >= 0.3 is 0 Å². The molecule has 0 heterocycles. The van der Waals surface area contributed by atoms with Crippen LogP contribution in [-0.2, 0) is 0 Å². The number of hydrogen-bond donors (Lipinski definition) is 1. The molecule has 1 aromatic carbocycles. The van der Waals surface area contributed by atoms with Crippen LogP contribution < -0.4 is 5.32 Å². The molecule has 1 aromatic rings. The highest BCUT2D eigenvalue weighted by Crippen LogP contribution is 2.63. The van der Waals surface area contributed by atoms with Crippen molar-refractivity contribution < 1.29 is 0 Å². The largest absolute Gasteiger partial charge is 0.381 e. The Morgan fingerprint density at radius 3 is 2.61 bits per heavy atom. The molecular formula is C17H25N. The van der Waals surface area contributed by atoms with Crippen LogP contribution in [0.15, 0.2) is 24.3 Å². The molecule has 0 radical (unpaired) electrons. The molecule has 3 unspecified atom stereocenters. The lowest BCUT2D eigenvalue weighted by Gasteiger charge is -2.43. The molecule has 3 atom stereocenters. The van der Waals surface area contributed by atoms with Gasteiger partial charge in [0.2, 0.25) is 0 Å². The smallest absolute Gasteiger partial charge is 0.0368 e. The lowest BCUT2D eigenvalue weighted by molar-refractivity contribution is 0.155. The molecule has 2 fully saturated rings. The van der Waals surface area contributed by atoms with E-state index in [0.29, 0.717) is 16.9 Å². The zero-order valence-corrected chi connectivity index (χ0v) is 12.1. The van der Waals surface area contributed by atoms with Crippen LogP contribution in [0.25, 0.3) is 0 Å². The zero-order valence-electron chi connectivity index (χ0n) is 12.1. The first-order chi connectivity index (χ1) is 8.42. The fraction of sp³-hybridized carbons (Fsp3) is 0.647. The van der Waals surface area contributed by atoms with Crippen molar-refractivity contribution in [2.24, 2.45) is 16.7 Å². The van der Waals surface area contributed by atoms with Gasteiger partial charge in [0.15, 0.2) is 0 Å². The Labute approximate surface area is 111 Å². The van der Waals surface area contributed by atoms with Gasteiger partial charge < -0.3 is 5.32 Å². The van der Waals surface area contributed by atoms with E-state index in [1.54, 1.807) is 0 Å². The van der Waals surface area contributed by atoms with Crippen molar-refractivity contribution in [3.63, 3.8) is 0 Å². The maximum absolute atomic E-state index is 3.84. The fourth-order valence-corrected chi connectivity index (χ4v) is 4.56. The highest BCUT2D eigenvalue weighted by atomic mass is 15.0. The van der Waals surface area contributed by atoms with Gasteiger partial charge in [-0.3, -0.25) is 0 Å². The van der Waals surface area contributed by atoms with Crippen molar-refractivity contribution in [2.75, 3.05) is 5.32 Å². The standard InChI is InChI=1S/C17H25N/c1-12-6-5-7-14(10-12)18-15-16(2,3)13-8-9-17(15,4)11-13/h5-7,10,13,15,18H,8-9,11H2,1-4H3. The molecule has 2 aliphatic rings. The quantitative estimate of drug-likeness (QED) is 0.799. The molecule has 2 saturated carbocycles. The predicted octanol–water partition coefficient (Wildman–Crippen LogP) is 4.62. The Morgan fingerprint density at radius 1 is 1.22 bits per heavy atom. The average molecular weight is 243 g/mol. The van der Waals surface area contributed by atoms with Crippen LogP contribution in [0.5, 0.6) is 0 Å². The molecule has 1 heteroatoms. The van der Waals surface area contributed by atoms with Crippen molar-refractivity contribution in [1.82, 2.24) is 0 Å². The van der Waals surface area contributed by atoms with E-state index in [0.717, 1.165) is 5.92 Å². The number of hydrogen-bond acceptors (Lipinski definition) is 1. The lowest BCUT2D eigenvalue weighted by Crippen LogP contribution is -2.45. The van der Waals surface area contributed by atoms with Gasteiger partial charge in [-0.1, -0.05) is 32.9 Å². The van der Waals surface area contributed by atoms with Crippen molar-refractivity contribution in [3.05, 3.63) is 29.8 Å². The molecular weight excluding hydrogens is 218 g/mol. The molecule has 0 aliphatic heterocycles. The highest BCUT2D eigenvalue weighted by molar-refractivity contribution is 5.47. The monoisotopic (exact) mass is 243 g/mol. The normalized spacial score (nSPS) is 36.9. The van der Waals surface area contributed by atoms with Gasteiger partial charge in [-0.05, 0) is 60.6 Å². The summed E-state index contributed by atoms with van der Waals surface area (Å²) in [6, 6.07) is 9.41.